The molecule has 0 amide bonds. The van der Waals surface area contributed by atoms with Gasteiger partial charge in [-0.25, -0.2) is 9.97 Å². The van der Waals surface area contributed by atoms with Crippen LogP contribution in [0.15, 0.2) is 34.4 Å². The van der Waals surface area contributed by atoms with Crippen molar-refractivity contribution in [1.29, 1.82) is 0 Å². The molecule has 5 heteroatoms. The molecule has 3 nitrogen and oxygen atoms in total. The molecule has 19 heavy (non-hydrogen) atoms. The molecule has 0 saturated carbocycles. The molecule has 3 rings (SSSR count). The highest BCUT2D eigenvalue weighted by molar-refractivity contribution is 9.10. The van der Waals surface area contributed by atoms with Crippen molar-refractivity contribution in [1.82, 2.24) is 9.97 Å². The maximum atomic E-state index is 5.91. The Balaban J connectivity index is 2.04. The van der Waals surface area contributed by atoms with Gasteiger partial charge in [0.15, 0.2) is 0 Å². The van der Waals surface area contributed by atoms with Crippen molar-refractivity contribution < 1.29 is 4.74 Å². The topological polar surface area (TPSA) is 35.0 Å². The average Bonchev–Trinajstić information content (AvgIpc) is 2.85. The van der Waals surface area contributed by atoms with E-state index < -0.39 is 0 Å². The molecular weight excluding hydrogens is 324 g/mol. The highest BCUT2D eigenvalue weighted by Crippen LogP contribution is 2.33. The normalized spacial score (nSPS) is 10.9. The Kier molecular flexibility index (Phi) is 3.24. The largest absolute Gasteiger partial charge is 0.437 e. The zero-order valence-electron chi connectivity index (χ0n) is 10.5. The fraction of sp³-hybridized carbons (Fsp3) is 0.143. The Morgan fingerprint density at radius 3 is 2.63 bits per heavy atom. The Morgan fingerprint density at radius 2 is 1.89 bits per heavy atom. The van der Waals surface area contributed by atoms with Crippen molar-refractivity contribution >= 4 is 37.5 Å². The first-order chi connectivity index (χ1) is 9.15. The van der Waals surface area contributed by atoms with Gasteiger partial charge in [-0.05, 0) is 48.6 Å². The fourth-order valence-corrected chi connectivity index (χ4v) is 2.91. The fourth-order valence-electron chi connectivity index (χ4n) is 1.92. The third-order valence-corrected chi connectivity index (χ3v) is 4.98. The molecule has 96 valence electrons. The van der Waals surface area contributed by atoms with Crippen LogP contribution in [-0.2, 0) is 0 Å². The van der Waals surface area contributed by atoms with E-state index in [1.165, 1.54) is 6.33 Å². The summed E-state index contributed by atoms with van der Waals surface area (Å²) in [6.07, 6.45) is 1.53. The first-order valence-electron chi connectivity index (χ1n) is 5.78. The van der Waals surface area contributed by atoms with Crippen LogP contribution in [0, 0.1) is 13.8 Å². The van der Waals surface area contributed by atoms with Crippen molar-refractivity contribution in [3.8, 4) is 11.6 Å². The summed E-state index contributed by atoms with van der Waals surface area (Å²) in [6, 6.07) is 5.96. The monoisotopic (exact) mass is 334 g/mol. The van der Waals surface area contributed by atoms with Crippen LogP contribution in [0.2, 0.25) is 0 Å². The van der Waals surface area contributed by atoms with Crippen LogP contribution in [0.4, 0.5) is 0 Å². The lowest BCUT2D eigenvalue weighted by Crippen LogP contribution is -1.91. The van der Waals surface area contributed by atoms with E-state index in [4.69, 9.17) is 4.74 Å². The smallest absolute Gasteiger partial charge is 0.240 e. The van der Waals surface area contributed by atoms with E-state index in [2.05, 4.69) is 25.9 Å². The van der Waals surface area contributed by atoms with Crippen LogP contribution in [0.5, 0.6) is 11.6 Å². The minimum atomic E-state index is 0.612. The first kappa shape index (κ1) is 12.6. The molecule has 0 aliphatic rings. The number of thiophene rings is 1. The zero-order valence-corrected chi connectivity index (χ0v) is 12.9. The number of halogens is 1. The second-order valence-corrected chi connectivity index (χ2v) is 6.00. The zero-order chi connectivity index (χ0) is 13.4. The van der Waals surface area contributed by atoms with E-state index in [0.29, 0.717) is 5.88 Å². The van der Waals surface area contributed by atoms with Crippen LogP contribution < -0.4 is 4.74 Å². The number of nitrogens with zero attached hydrogens (tertiary/aromatic N) is 2. The van der Waals surface area contributed by atoms with Gasteiger partial charge >= 0.3 is 0 Å². The van der Waals surface area contributed by atoms with Gasteiger partial charge in [0.05, 0.1) is 5.52 Å². The van der Waals surface area contributed by atoms with Gasteiger partial charge in [0, 0.05) is 4.47 Å². The van der Waals surface area contributed by atoms with Gasteiger partial charge in [-0.1, -0.05) is 15.9 Å². The second-order valence-electron chi connectivity index (χ2n) is 4.29. The molecule has 0 atom stereocenters. The lowest BCUT2D eigenvalue weighted by Gasteiger charge is -2.09. The molecule has 2 aromatic heterocycles. The first-order valence-corrected chi connectivity index (χ1v) is 7.45. The summed E-state index contributed by atoms with van der Waals surface area (Å²) in [5.74, 6) is 1.41. The van der Waals surface area contributed by atoms with Crippen molar-refractivity contribution in [2.45, 2.75) is 13.8 Å². The molecule has 0 saturated heterocycles. The predicted molar refractivity (Wildman–Crippen MR) is 81.1 cm³/mol. The van der Waals surface area contributed by atoms with E-state index in [0.717, 1.165) is 31.6 Å². The van der Waals surface area contributed by atoms with Gasteiger partial charge < -0.3 is 4.74 Å². The van der Waals surface area contributed by atoms with Crippen molar-refractivity contribution in [3.05, 3.63) is 45.5 Å². The summed E-state index contributed by atoms with van der Waals surface area (Å²) >= 11 is 5.14. The van der Waals surface area contributed by atoms with Crippen LogP contribution in [0.3, 0.4) is 0 Å². The molecule has 2 heterocycles. The van der Waals surface area contributed by atoms with E-state index >= 15 is 0 Å². The van der Waals surface area contributed by atoms with Gasteiger partial charge in [0.1, 0.15) is 16.8 Å². The molecule has 0 fully saturated rings. The highest BCUT2D eigenvalue weighted by Gasteiger charge is 2.09. The third kappa shape index (κ3) is 2.35. The molecular formula is C14H11BrN2OS. The van der Waals surface area contributed by atoms with Gasteiger partial charge in [-0.15, -0.1) is 11.3 Å². The number of aryl methyl sites for hydroxylation is 2. The van der Waals surface area contributed by atoms with Crippen molar-refractivity contribution in [2.24, 2.45) is 0 Å². The van der Waals surface area contributed by atoms with Crippen LogP contribution in [0.1, 0.15) is 11.1 Å². The number of aromatic nitrogens is 2. The maximum Gasteiger partial charge on any atom is 0.240 e. The summed E-state index contributed by atoms with van der Waals surface area (Å²) < 4.78 is 7.99. The highest BCUT2D eigenvalue weighted by atomic mass is 79.9. The standard InChI is InChI=1S/C14H11BrN2OS/c1-8-5-10(6-9(2)12(8)15)18-14-13-11(3-4-19-13)16-7-17-14/h3-7H,1-2H3. The lowest BCUT2D eigenvalue weighted by molar-refractivity contribution is 0.468. The summed E-state index contributed by atoms with van der Waals surface area (Å²) in [6.45, 7) is 4.09. The molecule has 0 spiro atoms. The second kappa shape index (κ2) is 4.90. The molecule has 0 bridgehead atoms. The summed E-state index contributed by atoms with van der Waals surface area (Å²) in [5, 5.41) is 1.99. The van der Waals surface area contributed by atoms with Crippen LogP contribution in [0.25, 0.3) is 10.2 Å². The van der Waals surface area contributed by atoms with Crippen LogP contribution in [-0.4, -0.2) is 9.97 Å². The quantitative estimate of drug-likeness (QED) is 0.671. The van der Waals surface area contributed by atoms with E-state index in [9.17, 15) is 0 Å². The Bertz CT molecular complexity index is 731. The van der Waals surface area contributed by atoms with E-state index in [-0.39, 0.29) is 0 Å². The number of ether oxygens (including phenoxy) is 1. The summed E-state index contributed by atoms with van der Waals surface area (Å²) in [7, 11) is 0. The SMILES string of the molecule is Cc1cc(Oc2ncnc3ccsc23)cc(C)c1Br. The average molecular weight is 335 g/mol. The van der Waals surface area contributed by atoms with E-state index in [1.807, 2.05) is 37.4 Å². The molecule has 3 aromatic rings. The number of hydrogen-bond donors (Lipinski definition) is 0. The molecule has 0 N–H and O–H groups in total. The Labute approximate surface area is 123 Å². The molecule has 0 radical (unpaired) electrons. The lowest BCUT2D eigenvalue weighted by atomic mass is 10.1. The van der Waals surface area contributed by atoms with Gasteiger partial charge in [-0.3, -0.25) is 0 Å². The predicted octanol–water partition coefficient (Wildman–Crippen LogP) is 4.86. The molecule has 1 aromatic carbocycles. The van der Waals surface area contributed by atoms with Crippen molar-refractivity contribution in [3.63, 3.8) is 0 Å². The van der Waals surface area contributed by atoms with Gasteiger partial charge in [0.2, 0.25) is 5.88 Å². The molecule has 0 unspecified atom stereocenters. The number of fused-ring (bicyclic) bond motifs is 1. The molecule has 0 aliphatic heterocycles. The summed E-state index contributed by atoms with van der Waals surface area (Å²) in [4.78, 5) is 8.43. The summed E-state index contributed by atoms with van der Waals surface area (Å²) in [5.41, 5.74) is 3.21. The number of hydrogen-bond acceptors (Lipinski definition) is 4. The molecule has 0 aliphatic carbocycles. The van der Waals surface area contributed by atoms with Gasteiger partial charge in [-0.2, -0.15) is 0 Å². The maximum absolute atomic E-state index is 5.91. The van der Waals surface area contributed by atoms with Crippen molar-refractivity contribution in [2.75, 3.05) is 0 Å². The minimum absolute atomic E-state index is 0.612. The van der Waals surface area contributed by atoms with E-state index in [1.54, 1.807) is 11.3 Å². The number of rotatable bonds is 2. The Hall–Kier alpha value is -1.46. The van der Waals surface area contributed by atoms with Gasteiger partial charge in [0.25, 0.3) is 0 Å². The minimum Gasteiger partial charge on any atom is -0.437 e. The third-order valence-electron chi connectivity index (χ3n) is 2.83. The Morgan fingerprint density at radius 1 is 1.16 bits per heavy atom. The van der Waals surface area contributed by atoms with Crippen LogP contribution >= 0.6 is 27.3 Å². The number of benzene rings is 1.